The Morgan fingerprint density at radius 1 is 1.25 bits per heavy atom. The maximum Gasteiger partial charge on any atom is 0.119 e. The van der Waals surface area contributed by atoms with Gasteiger partial charge >= 0.3 is 0 Å². The quantitative estimate of drug-likeness (QED) is 0.824. The van der Waals surface area contributed by atoms with Crippen LogP contribution in [-0.4, -0.2) is 24.4 Å². The zero-order valence-electron chi connectivity index (χ0n) is 11.9. The first-order valence-electron chi connectivity index (χ1n) is 6.76. The van der Waals surface area contributed by atoms with Gasteiger partial charge in [-0.1, -0.05) is 12.1 Å². The van der Waals surface area contributed by atoms with Gasteiger partial charge in [-0.25, -0.2) is 0 Å². The summed E-state index contributed by atoms with van der Waals surface area (Å²) in [5.41, 5.74) is 2.34. The number of hydrogen-bond acceptors (Lipinski definition) is 4. The lowest BCUT2D eigenvalue weighted by atomic mass is 10.1. The predicted molar refractivity (Wildman–Crippen MR) is 83.4 cm³/mol. The molecule has 0 spiro atoms. The van der Waals surface area contributed by atoms with E-state index in [-0.39, 0.29) is 0 Å². The zero-order chi connectivity index (χ0) is 14.4. The lowest BCUT2D eigenvalue weighted by Gasteiger charge is -2.13. The van der Waals surface area contributed by atoms with Gasteiger partial charge in [0, 0.05) is 18.0 Å². The Bertz CT molecular complexity index is 505. The van der Waals surface area contributed by atoms with Crippen molar-refractivity contribution in [3.05, 3.63) is 51.7 Å². The summed E-state index contributed by atoms with van der Waals surface area (Å²) in [6.45, 7) is 5.71. The van der Waals surface area contributed by atoms with Gasteiger partial charge in [0.05, 0.1) is 0 Å². The number of ether oxygens (including phenoxy) is 1. The third-order valence-electron chi connectivity index (χ3n) is 2.90. The highest BCUT2D eigenvalue weighted by Gasteiger charge is 2.06. The number of hydrogen-bond donors (Lipinski definition) is 2. The normalized spacial score (nSPS) is 12.3. The van der Waals surface area contributed by atoms with Gasteiger partial charge in [-0.3, -0.25) is 0 Å². The SMILES string of the molecule is Cc1cc(C)cc(OCC(O)CNCc2cccs2)c1. The molecule has 1 aromatic carbocycles. The van der Waals surface area contributed by atoms with E-state index in [2.05, 4.69) is 22.8 Å². The molecule has 0 fully saturated rings. The van der Waals surface area contributed by atoms with E-state index in [1.807, 2.05) is 32.0 Å². The fraction of sp³-hybridized carbons (Fsp3) is 0.375. The van der Waals surface area contributed by atoms with E-state index in [0.29, 0.717) is 13.2 Å². The van der Waals surface area contributed by atoms with Crippen molar-refractivity contribution in [3.8, 4) is 5.75 Å². The van der Waals surface area contributed by atoms with Crippen LogP contribution < -0.4 is 10.1 Å². The van der Waals surface area contributed by atoms with E-state index in [0.717, 1.165) is 12.3 Å². The molecule has 1 heterocycles. The van der Waals surface area contributed by atoms with Crippen LogP contribution in [0, 0.1) is 13.8 Å². The minimum Gasteiger partial charge on any atom is -0.491 e. The summed E-state index contributed by atoms with van der Waals surface area (Å²) in [6, 6.07) is 10.2. The van der Waals surface area contributed by atoms with E-state index in [9.17, 15) is 5.11 Å². The molecule has 0 amide bonds. The van der Waals surface area contributed by atoms with Crippen LogP contribution in [0.25, 0.3) is 0 Å². The number of thiophene rings is 1. The Labute approximate surface area is 124 Å². The Hall–Kier alpha value is -1.36. The second-order valence-electron chi connectivity index (χ2n) is 5.00. The van der Waals surface area contributed by atoms with Crippen molar-refractivity contribution < 1.29 is 9.84 Å². The monoisotopic (exact) mass is 291 g/mol. The molecule has 2 rings (SSSR count). The minimum atomic E-state index is -0.504. The topological polar surface area (TPSA) is 41.5 Å². The average Bonchev–Trinajstić information content (AvgIpc) is 2.88. The highest BCUT2D eigenvalue weighted by atomic mass is 32.1. The van der Waals surface area contributed by atoms with Crippen LogP contribution in [0.2, 0.25) is 0 Å². The fourth-order valence-corrected chi connectivity index (χ4v) is 2.72. The summed E-state index contributed by atoms with van der Waals surface area (Å²) in [5.74, 6) is 0.819. The van der Waals surface area contributed by atoms with E-state index >= 15 is 0 Å². The van der Waals surface area contributed by atoms with Gasteiger partial charge in [0.1, 0.15) is 18.5 Å². The molecule has 0 aliphatic rings. The smallest absolute Gasteiger partial charge is 0.119 e. The summed E-state index contributed by atoms with van der Waals surface area (Å²) >= 11 is 1.71. The van der Waals surface area contributed by atoms with Crippen LogP contribution in [0.5, 0.6) is 5.75 Å². The molecule has 0 bridgehead atoms. The van der Waals surface area contributed by atoms with Gasteiger partial charge in [-0.05, 0) is 48.6 Å². The number of aliphatic hydroxyl groups excluding tert-OH is 1. The number of aryl methyl sites for hydroxylation is 2. The Balaban J connectivity index is 1.70. The average molecular weight is 291 g/mol. The Morgan fingerprint density at radius 3 is 2.65 bits per heavy atom. The van der Waals surface area contributed by atoms with Crippen molar-refractivity contribution in [1.82, 2.24) is 5.32 Å². The molecule has 0 aliphatic carbocycles. The van der Waals surface area contributed by atoms with Gasteiger partial charge in [-0.15, -0.1) is 11.3 Å². The molecule has 0 saturated heterocycles. The largest absolute Gasteiger partial charge is 0.491 e. The first-order chi connectivity index (χ1) is 9.63. The van der Waals surface area contributed by atoms with Gasteiger partial charge in [0.15, 0.2) is 0 Å². The zero-order valence-corrected chi connectivity index (χ0v) is 12.7. The molecular weight excluding hydrogens is 270 g/mol. The Morgan fingerprint density at radius 2 is 2.00 bits per heavy atom. The van der Waals surface area contributed by atoms with Crippen LogP contribution in [-0.2, 0) is 6.54 Å². The minimum absolute atomic E-state index is 0.306. The molecule has 20 heavy (non-hydrogen) atoms. The molecule has 2 N–H and O–H groups in total. The predicted octanol–water partition coefficient (Wildman–Crippen LogP) is 2.89. The second-order valence-corrected chi connectivity index (χ2v) is 6.03. The molecule has 4 heteroatoms. The number of benzene rings is 1. The van der Waals surface area contributed by atoms with Gasteiger partial charge in [-0.2, -0.15) is 0 Å². The highest BCUT2D eigenvalue weighted by molar-refractivity contribution is 7.09. The Kier molecular flexibility index (Phi) is 5.59. The van der Waals surface area contributed by atoms with Crippen LogP contribution in [0.3, 0.4) is 0 Å². The van der Waals surface area contributed by atoms with Crippen molar-refractivity contribution in [3.63, 3.8) is 0 Å². The molecule has 1 aromatic heterocycles. The highest BCUT2D eigenvalue weighted by Crippen LogP contribution is 2.16. The third-order valence-corrected chi connectivity index (χ3v) is 3.77. The van der Waals surface area contributed by atoms with Crippen molar-refractivity contribution in [2.45, 2.75) is 26.5 Å². The van der Waals surface area contributed by atoms with Crippen molar-refractivity contribution >= 4 is 11.3 Å². The first-order valence-corrected chi connectivity index (χ1v) is 7.64. The lowest BCUT2D eigenvalue weighted by molar-refractivity contribution is 0.106. The maximum atomic E-state index is 9.89. The van der Waals surface area contributed by atoms with Crippen molar-refractivity contribution in [2.75, 3.05) is 13.2 Å². The molecular formula is C16H21NO2S. The molecule has 2 aromatic rings. The lowest BCUT2D eigenvalue weighted by Crippen LogP contribution is -2.31. The number of nitrogens with one attached hydrogen (secondary N) is 1. The van der Waals surface area contributed by atoms with E-state index in [1.54, 1.807) is 11.3 Å². The summed E-state index contributed by atoms with van der Waals surface area (Å²) in [4.78, 5) is 1.27. The van der Waals surface area contributed by atoms with Crippen LogP contribution >= 0.6 is 11.3 Å². The summed E-state index contributed by atoms with van der Waals surface area (Å²) in [7, 11) is 0. The molecule has 0 saturated carbocycles. The van der Waals surface area contributed by atoms with Crippen molar-refractivity contribution in [1.29, 1.82) is 0 Å². The molecule has 0 aliphatic heterocycles. The van der Waals surface area contributed by atoms with Crippen LogP contribution in [0.1, 0.15) is 16.0 Å². The summed E-state index contributed by atoms with van der Waals surface area (Å²) in [6.07, 6.45) is -0.504. The molecule has 1 unspecified atom stereocenters. The van der Waals surface area contributed by atoms with E-state index in [4.69, 9.17) is 4.74 Å². The maximum absolute atomic E-state index is 9.89. The van der Waals surface area contributed by atoms with E-state index < -0.39 is 6.10 Å². The van der Waals surface area contributed by atoms with Crippen molar-refractivity contribution in [2.24, 2.45) is 0 Å². The van der Waals surface area contributed by atoms with Gasteiger partial charge < -0.3 is 15.2 Å². The van der Waals surface area contributed by atoms with Gasteiger partial charge in [0.2, 0.25) is 0 Å². The van der Waals surface area contributed by atoms with Crippen LogP contribution in [0.4, 0.5) is 0 Å². The fourth-order valence-electron chi connectivity index (χ4n) is 2.04. The van der Waals surface area contributed by atoms with Gasteiger partial charge in [0.25, 0.3) is 0 Å². The van der Waals surface area contributed by atoms with E-state index in [1.165, 1.54) is 16.0 Å². The molecule has 108 valence electrons. The standard InChI is InChI=1S/C16H21NO2S/c1-12-6-13(2)8-15(7-12)19-11-14(18)9-17-10-16-4-3-5-20-16/h3-8,14,17-18H,9-11H2,1-2H3. The summed E-state index contributed by atoms with van der Waals surface area (Å²) in [5, 5.41) is 15.2. The number of rotatable bonds is 7. The molecule has 3 nitrogen and oxygen atoms in total. The first kappa shape index (κ1) is 15.0. The summed E-state index contributed by atoms with van der Waals surface area (Å²) < 4.78 is 5.63. The number of aliphatic hydroxyl groups is 1. The van der Waals surface area contributed by atoms with Crippen LogP contribution in [0.15, 0.2) is 35.7 Å². The third kappa shape index (κ3) is 4.96. The molecule has 0 radical (unpaired) electrons. The second kappa shape index (κ2) is 7.43. The molecule has 1 atom stereocenters.